The van der Waals surface area contributed by atoms with E-state index in [2.05, 4.69) is 5.32 Å². The molecule has 0 spiro atoms. The lowest BCUT2D eigenvalue weighted by atomic mass is 10.1. The quantitative estimate of drug-likeness (QED) is 0.914. The molecule has 0 saturated carbocycles. The third kappa shape index (κ3) is 4.64. The maximum absolute atomic E-state index is 12.9. The lowest BCUT2D eigenvalue weighted by Crippen LogP contribution is -2.33. The van der Waals surface area contributed by atoms with Crippen LogP contribution in [-0.2, 0) is 11.0 Å². The average Bonchev–Trinajstić information content (AvgIpc) is 2.75. The molecule has 0 aromatic heterocycles. The molecule has 1 aromatic rings. The van der Waals surface area contributed by atoms with Crippen molar-refractivity contribution in [3.8, 4) is 0 Å². The summed E-state index contributed by atoms with van der Waals surface area (Å²) in [6.07, 6.45) is 0.124. The SMILES string of the molecule is O=C(CCNc1ccccc1C(F)(F)F)N1CCCCCC1. The number of hydrogen-bond donors (Lipinski definition) is 1. The Morgan fingerprint density at radius 1 is 1.09 bits per heavy atom. The molecule has 1 heterocycles. The van der Waals surface area contributed by atoms with Crippen molar-refractivity contribution in [3.05, 3.63) is 29.8 Å². The van der Waals surface area contributed by atoms with Crippen LogP contribution in [-0.4, -0.2) is 30.4 Å². The van der Waals surface area contributed by atoms with Crippen LogP contribution in [0.4, 0.5) is 18.9 Å². The van der Waals surface area contributed by atoms with Crippen molar-refractivity contribution in [1.29, 1.82) is 0 Å². The minimum Gasteiger partial charge on any atom is -0.384 e. The summed E-state index contributed by atoms with van der Waals surface area (Å²) in [5.74, 6) is 0.0129. The van der Waals surface area contributed by atoms with E-state index in [1.807, 2.05) is 4.90 Å². The van der Waals surface area contributed by atoms with Gasteiger partial charge in [-0.25, -0.2) is 0 Å². The van der Waals surface area contributed by atoms with E-state index in [1.165, 1.54) is 12.1 Å². The summed E-state index contributed by atoms with van der Waals surface area (Å²) in [6.45, 7) is 1.73. The second-order valence-corrected chi connectivity index (χ2v) is 5.52. The molecule has 0 radical (unpaired) electrons. The molecular formula is C16H21F3N2O. The number of carbonyl (C=O) groups excluding carboxylic acids is 1. The Labute approximate surface area is 128 Å². The molecular weight excluding hydrogens is 293 g/mol. The molecule has 3 nitrogen and oxygen atoms in total. The number of nitrogens with zero attached hydrogens (tertiary/aromatic N) is 1. The maximum Gasteiger partial charge on any atom is 0.418 e. The van der Waals surface area contributed by atoms with Gasteiger partial charge in [0.05, 0.1) is 5.56 Å². The van der Waals surface area contributed by atoms with Crippen molar-refractivity contribution in [2.45, 2.75) is 38.3 Å². The highest BCUT2D eigenvalue weighted by Crippen LogP contribution is 2.34. The van der Waals surface area contributed by atoms with Crippen LogP contribution in [0.5, 0.6) is 0 Å². The fourth-order valence-electron chi connectivity index (χ4n) is 2.67. The zero-order chi connectivity index (χ0) is 16.0. The summed E-state index contributed by atoms with van der Waals surface area (Å²) in [5, 5.41) is 2.74. The summed E-state index contributed by atoms with van der Waals surface area (Å²) in [6, 6.07) is 5.34. The number of rotatable bonds is 4. The molecule has 1 aliphatic heterocycles. The van der Waals surface area contributed by atoms with Gasteiger partial charge in [-0.3, -0.25) is 4.79 Å². The predicted molar refractivity (Wildman–Crippen MR) is 79.6 cm³/mol. The molecule has 1 fully saturated rings. The molecule has 1 aromatic carbocycles. The number of likely N-dealkylation sites (tertiary alicyclic amines) is 1. The van der Waals surface area contributed by atoms with Crippen LogP contribution >= 0.6 is 0 Å². The summed E-state index contributed by atoms with van der Waals surface area (Å²) < 4.78 is 38.6. The van der Waals surface area contributed by atoms with Gasteiger partial charge in [0.1, 0.15) is 0 Å². The zero-order valence-corrected chi connectivity index (χ0v) is 12.5. The minimum atomic E-state index is -4.39. The van der Waals surface area contributed by atoms with Crippen LogP contribution in [0.3, 0.4) is 0 Å². The molecule has 1 aliphatic rings. The molecule has 122 valence electrons. The number of hydrogen-bond acceptors (Lipinski definition) is 2. The second-order valence-electron chi connectivity index (χ2n) is 5.52. The van der Waals surface area contributed by atoms with Gasteiger partial charge in [0.25, 0.3) is 0 Å². The van der Waals surface area contributed by atoms with E-state index in [9.17, 15) is 18.0 Å². The van der Waals surface area contributed by atoms with E-state index in [0.29, 0.717) is 0 Å². The van der Waals surface area contributed by atoms with Gasteiger partial charge < -0.3 is 10.2 Å². The summed E-state index contributed by atoms with van der Waals surface area (Å²) in [7, 11) is 0. The van der Waals surface area contributed by atoms with Crippen molar-refractivity contribution in [3.63, 3.8) is 0 Å². The number of alkyl halides is 3. The summed E-state index contributed by atoms with van der Waals surface area (Å²) in [5.41, 5.74) is -0.670. The number of amides is 1. The molecule has 22 heavy (non-hydrogen) atoms. The summed E-state index contributed by atoms with van der Waals surface area (Å²) in [4.78, 5) is 13.9. The van der Waals surface area contributed by atoms with Crippen molar-refractivity contribution in [2.24, 2.45) is 0 Å². The fraction of sp³-hybridized carbons (Fsp3) is 0.562. The maximum atomic E-state index is 12.9. The van der Waals surface area contributed by atoms with Crippen LogP contribution in [0.2, 0.25) is 0 Å². The van der Waals surface area contributed by atoms with E-state index in [0.717, 1.165) is 44.8 Å². The van der Waals surface area contributed by atoms with Gasteiger partial charge >= 0.3 is 6.18 Å². The number of carbonyl (C=O) groups is 1. The van der Waals surface area contributed by atoms with Crippen LogP contribution in [0.15, 0.2) is 24.3 Å². The van der Waals surface area contributed by atoms with Gasteiger partial charge in [-0.2, -0.15) is 13.2 Å². The Hall–Kier alpha value is -1.72. The Bertz CT molecular complexity index is 494. The Balaban J connectivity index is 1.87. The van der Waals surface area contributed by atoms with Gasteiger partial charge in [0, 0.05) is 31.7 Å². The lowest BCUT2D eigenvalue weighted by Gasteiger charge is -2.21. The van der Waals surface area contributed by atoms with Crippen LogP contribution in [0, 0.1) is 0 Å². The average molecular weight is 314 g/mol. The van der Waals surface area contributed by atoms with Crippen molar-refractivity contribution in [2.75, 3.05) is 25.0 Å². The van der Waals surface area contributed by atoms with Crippen molar-refractivity contribution in [1.82, 2.24) is 4.90 Å². The van der Waals surface area contributed by atoms with Crippen LogP contribution in [0.1, 0.15) is 37.7 Å². The first kappa shape index (κ1) is 16.6. The highest BCUT2D eigenvalue weighted by molar-refractivity contribution is 5.76. The van der Waals surface area contributed by atoms with E-state index in [1.54, 1.807) is 6.07 Å². The molecule has 1 amide bonds. The third-order valence-corrected chi connectivity index (χ3v) is 3.85. The molecule has 0 unspecified atom stereocenters. The second kappa shape index (κ2) is 7.51. The molecule has 0 aliphatic carbocycles. The first-order chi connectivity index (χ1) is 10.5. The monoisotopic (exact) mass is 314 g/mol. The standard InChI is InChI=1S/C16H21F3N2O/c17-16(18,19)13-7-3-4-8-14(13)20-10-9-15(22)21-11-5-1-2-6-12-21/h3-4,7-8,20H,1-2,5-6,9-12H2. The van der Waals surface area contributed by atoms with Gasteiger partial charge in [0.15, 0.2) is 0 Å². The largest absolute Gasteiger partial charge is 0.418 e. The molecule has 6 heteroatoms. The lowest BCUT2D eigenvalue weighted by molar-refractivity contribution is -0.137. The molecule has 1 saturated heterocycles. The highest BCUT2D eigenvalue weighted by Gasteiger charge is 2.33. The van der Waals surface area contributed by atoms with Crippen LogP contribution < -0.4 is 5.32 Å². The van der Waals surface area contributed by atoms with E-state index in [-0.39, 0.29) is 24.6 Å². The van der Waals surface area contributed by atoms with Crippen molar-refractivity contribution >= 4 is 11.6 Å². The van der Waals surface area contributed by atoms with Gasteiger partial charge in [-0.15, -0.1) is 0 Å². The van der Waals surface area contributed by atoms with E-state index >= 15 is 0 Å². The Morgan fingerprint density at radius 3 is 2.36 bits per heavy atom. The zero-order valence-electron chi connectivity index (χ0n) is 12.5. The number of halogens is 3. The first-order valence-corrected chi connectivity index (χ1v) is 7.66. The Kier molecular flexibility index (Phi) is 5.69. The first-order valence-electron chi connectivity index (χ1n) is 7.66. The molecule has 0 bridgehead atoms. The number of benzene rings is 1. The number of para-hydroxylation sites is 1. The topological polar surface area (TPSA) is 32.3 Å². The van der Waals surface area contributed by atoms with Gasteiger partial charge in [-0.05, 0) is 25.0 Å². The van der Waals surface area contributed by atoms with Gasteiger partial charge in [-0.1, -0.05) is 25.0 Å². The van der Waals surface area contributed by atoms with E-state index in [4.69, 9.17) is 0 Å². The number of nitrogens with one attached hydrogen (secondary N) is 1. The Morgan fingerprint density at radius 2 is 1.73 bits per heavy atom. The summed E-state index contributed by atoms with van der Waals surface area (Å²) >= 11 is 0. The number of anilines is 1. The normalized spacial score (nSPS) is 16.2. The molecule has 2 rings (SSSR count). The van der Waals surface area contributed by atoms with Crippen molar-refractivity contribution < 1.29 is 18.0 Å². The smallest absolute Gasteiger partial charge is 0.384 e. The van der Waals surface area contributed by atoms with Gasteiger partial charge in [0.2, 0.25) is 5.91 Å². The van der Waals surface area contributed by atoms with Crippen LogP contribution in [0.25, 0.3) is 0 Å². The minimum absolute atomic E-state index is 0.0129. The highest BCUT2D eigenvalue weighted by atomic mass is 19.4. The predicted octanol–water partition coefficient (Wildman–Crippen LogP) is 3.91. The fourth-order valence-corrected chi connectivity index (χ4v) is 2.67. The third-order valence-electron chi connectivity index (χ3n) is 3.85. The molecule has 0 atom stereocenters. The van der Waals surface area contributed by atoms with E-state index < -0.39 is 11.7 Å². The molecule has 1 N–H and O–H groups in total.